The van der Waals surface area contributed by atoms with Gasteiger partial charge in [-0.2, -0.15) is 3.89 Å². The van der Waals surface area contributed by atoms with E-state index in [9.17, 15) is 13.5 Å². The molecule has 8 heteroatoms. The lowest BCUT2D eigenvalue weighted by Crippen LogP contribution is -2.12. The molecule has 0 aliphatic rings. The number of amides is 2. The average Bonchev–Trinajstić information content (AvgIpc) is 2.79. The quantitative estimate of drug-likeness (QED) is 0.259. The van der Waals surface area contributed by atoms with Crippen molar-refractivity contribution >= 4 is 47.6 Å². The Morgan fingerprint density at radius 2 is 1.88 bits per heavy atom. The fourth-order valence-electron chi connectivity index (χ4n) is 2.89. The first-order valence-corrected chi connectivity index (χ1v) is 11.5. The molecule has 0 spiro atoms. The molecule has 166 valence electrons. The third-order valence-corrected chi connectivity index (χ3v) is 5.84. The van der Waals surface area contributed by atoms with Crippen molar-refractivity contribution in [1.29, 1.82) is 0 Å². The minimum Gasteiger partial charge on any atom is -0.489 e. The van der Waals surface area contributed by atoms with E-state index in [0.29, 0.717) is 45.9 Å². The maximum atomic E-state index is 12.7. The van der Waals surface area contributed by atoms with E-state index in [-0.39, 0.29) is 18.1 Å². The number of rotatable bonds is 10. The molecule has 0 aromatic heterocycles. The molecule has 0 radical (unpaired) electrons. The molecular weight excluding hydrogens is 447 g/mol. The largest absolute Gasteiger partial charge is 0.489 e. The number of hydrogen-bond donors (Lipinski definition) is 2. The number of carbonyl (C=O) groups is 2. The molecule has 32 heavy (non-hydrogen) atoms. The van der Waals surface area contributed by atoms with Gasteiger partial charge < -0.3 is 15.4 Å². The summed E-state index contributed by atoms with van der Waals surface area (Å²) in [5, 5.41) is 5.85. The summed E-state index contributed by atoms with van der Waals surface area (Å²) >= 11 is 1.81. The Labute approximate surface area is 195 Å². The van der Waals surface area contributed by atoms with Gasteiger partial charge in [0.1, 0.15) is 12.4 Å². The summed E-state index contributed by atoms with van der Waals surface area (Å²) in [5.41, 5.74) is 2.52. The van der Waals surface area contributed by atoms with E-state index in [0.717, 1.165) is 10.5 Å². The monoisotopic (exact) mass is 470 g/mol. The van der Waals surface area contributed by atoms with Crippen LogP contribution in [-0.2, 0) is 11.4 Å². The van der Waals surface area contributed by atoms with Gasteiger partial charge in [-0.15, -0.1) is 11.8 Å². The van der Waals surface area contributed by atoms with Gasteiger partial charge >= 0.3 is 0 Å². The average molecular weight is 471 g/mol. The molecule has 3 rings (SSSR count). The maximum absolute atomic E-state index is 12.7. The molecule has 0 saturated heterocycles. The van der Waals surface area contributed by atoms with Crippen LogP contribution in [0.3, 0.4) is 0 Å². The molecule has 3 aromatic rings. The standard InChI is InChI=1S/C24H23FN2O3S2/c1-16(2)31-23-11-6-18(13-22(23)26-15-28)24(29)27-19-7-9-20(10-8-19)30-14-17-4-3-5-21(12-17)32-25/h3-13,15-16H,14H2,1-2H3,(H,26,28)(H,27,29). The van der Waals surface area contributed by atoms with E-state index in [4.69, 9.17) is 4.74 Å². The Kier molecular flexibility index (Phi) is 8.58. The van der Waals surface area contributed by atoms with Crippen LogP contribution >= 0.6 is 23.9 Å². The third kappa shape index (κ3) is 6.77. The van der Waals surface area contributed by atoms with Crippen LogP contribution in [-0.4, -0.2) is 17.6 Å². The zero-order chi connectivity index (χ0) is 22.9. The number of hydrogen-bond acceptors (Lipinski definition) is 5. The molecule has 0 saturated carbocycles. The summed E-state index contributed by atoms with van der Waals surface area (Å²) in [4.78, 5) is 25.0. The molecule has 0 unspecified atom stereocenters. The fraction of sp³-hybridized carbons (Fsp3) is 0.167. The lowest BCUT2D eigenvalue weighted by atomic mass is 10.1. The van der Waals surface area contributed by atoms with Crippen LogP contribution < -0.4 is 15.4 Å². The van der Waals surface area contributed by atoms with E-state index in [2.05, 4.69) is 24.5 Å². The Bertz CT molecular complexity index is 1080. The van der Waals surface area contributed by atoms with Crippen molar-refractivity contribution in [3.8, 4) is 5.75 Å². The molecule has 5 nitrogen and oxygen atoms in total. The van der Waals surface area contributed by atoms with Crippen molar-refractivity contribution in [3.05, 3.63) is 77.9 Å². The molecule has 0 aliphatic carbocycles. The molecule has 0 heterocycles. The molecule has 0 aliphatic heterocycles. The van der Waals surface area contributed by atoms with Crippen LogP contribution in [0, 0.1) is 0 Å². The second-order valence-corrected chi connectivity index (χ2v) is 9.38. The Morgan fingerprint density at radius 3 is 2.56 bits per heavy atom. The summed E-state index contributed by atoms with van der Waals surface area (Å²) in [5.74, 6) is 0.350. The molecule has 3 aromatic carbocycles. The second kappa shape index (κ2) is 11.6. The number of benzene rings is 3. The lowest BCUT2D eigenvalue weighted by molar-refractivity contribution is -0.105. The predicted octanol–water partition coefficient (Wildman–Crippen LogP) is 6.56. The third-order valence-electron chi connectivity index (χ3n) is 4.32. The van der Waals surface area contributed by atoms with Crippen LogP contribution in [0.25, 0.3) is 0 Å². The zero-order valence-corrected chi connectivity index (χ0v) is 19.3. The van der Waals surface area contributed by atoms with E-state index in [1.54, 1.807) is 66.4 Å². The molecule has 0 fully saturated rings. The Balaban J connectivity index is 1.62. The number of carbonyl (C=O) groups excluding carboxylic acids is 2. The van der Waals surface area contributed by atoms with Gasteiger partial charge in [-0.1, -0.05) is 26.0 Å². The molecular formula is C24H23FN2O3S2. The van der Waals surface area contributed by atoms with Gasteiger partial charge in [0.2, 0.25) is 6.41 Å². The van der Waals surface area contributed by atoms with Crippen LogP contribution in [0.1, 0.15) is 29.8 Å². The summed E-state index contributed by atoms with van der Waals surface area (Å²) in [6.45, 7) is 4.43. The van der Waals surface area contributed by atoms with Crippen molar-refractivity contribution in [3.63, 3.8) is 0 Å². The van der Waals surface area contributed by atoms with Gasteiger partial charge in [-0.05, 0) is 60.2 Å². The highest BCUT2D eigenvalue weighted by atomic mass is 32.2. The number of halogens is 1. The Hall–Kier alpha value is -2.97. The maximum Gasteiger partial charge on any atom is 0.255 e. The minimum absolute atomic E-state index is 0.199. The topological polar surface area (TPSA) is 67.4 Å². The van der Waals surface area contributed by atoms with Gasteiger partial charge in [-0.3, -0.25) is 9.59 Å². The molecule has 2 N–H and O–H groups in total. The van der Waals surface area contributed by atoms with E-state index >= 15 is 0 Å². The smallest absolute Gasteiger partial charge is 0.255 e. The van der Waals surface area contributed by atoms with Crippen molar-refractivity contribution in [1.82, 2.24) is 0 Å². The van der Waals surface area contributed by atoms with Gasteiger partial charge in [0, 0.05) is 26.3 Å². The number of nitrogens with one attached hydrogen (secondary N) is 2. The van der Waals surface area contributed by atoms with Crippen LogP contribution in [0.5, 0.6) is 5.75 Å². The number of anilines is 2. The number of thioether (sulfide) groups is 1. The lowest BCUT2D eigenvalue weighted by Gasteiger charge is -2.13. The summed E-state index contributed by atoms with van der Waals surface area (Å²) in [7, 11) is 0. The van der Waals surface area contributed by atoms with Crippen molar-refractivity contribution in [2.45, 2.75) is 35.5 Å². The van der Waals surface area contributed by atoms with Crippen molar-refractivity contribution in [2.75, 3.05) is 10.6 Å². The van der Waals surface area contributed by atoms with Crippen molar-refractivity contribution in [2.24, 2.45) is 0 Å². The van der Waals surface area contributed by atoms with E-state index < -0.39 is 0 Å². The molecule has 2 amide bonds. The summed E-state index contributed by atoms with van der Waals surface area (Å²) < 4.78 is 18.4. The SMILES string of the molecule is CC(C)Sc1ccc(C(=O)Nc2ccc(OCc3cccc(SF)c3)cc2)cc1NC=O. The highest BCUT2D eigenvalue weighted by Crippen LogP contribution is 2.31. The first-order valence-electron chi connectivity index (χ1n) is 9.91. The number of ether oxygens (including phenoxy) is 1. The van der Waals surface area contributed by atoms with E-state index in [1.165, 1.54) is 0 Å². The van der Waals surface area contributed by atoms with Gasteiger partial charge in [0.25, 0.3) is 5.91 Å². The predicted molar refractivity (Wildman–Crippen MR) is 129 cm³/mol. The second-order valence-electron chi connectivity index (χ2n) is 7.13. The first kappa shape index (κ1) is 23.7. The first-order chi connectivity index (χ1) is 15.5. The molecule has 0 bridgehead atoms. The highest BCUT2D eigenvalue weighted by Gasteiger charge is 2.12. The highest BCUT2D eigenvalue weighted by molar-refractivity contribution is 8.00. The molecule has 0 atom stereocenters. The van der Waals surface area contributed by atoms with Crippen LogP contribution in [0.2, 0.25) is 0 Å². The van der Waals surface area contributed by atoms with Crippen LogP contribution in [0.15, 0.2) is 76.5 Å². The summed E-state index contributed by atoms with van der Waals surface area (Å²) in [6.07, 6.45) is 0.604. The summed E-state index contributed by atoms with van der Waals surface area (Å²) in [6, 6.07) is 19.3. The fourth-order valence-corrected chi connectivity index (χ4v) is 4.12. The van der Waals surface area contributed by atoms with Crippen LogP contribution in [0.4, 0.5) is 15.3 Å². The normalized spacial score (nSPS) is 10.6. The van der Waals surface area contributed by atoms with Gasteiger partial charge in [0.15, 0.2) is 0 Å². The Morgan fingerprint density at radius 1 is 1.09 bits per heavy atom. The van der Waals surface area contributed by atoms with Crippen molar-refractivity contribution < 1.29 is 18.2 Å². The van der Waals surface area contributed by atoms with E-state index in [1.807, 2.05) is 12.1 Å². The van der Waals surface area contributed by atoms with Gasteiger partial charge in [-0.25, -0.2) is 0 Å². The minimum atomic E-state index is -0.283. The zero-order valence-electron chi connectivity index (χ0n) is 17.6. The van der Waals surface area contributed by atoms with Gasteiger partial charge in [0.05, 0.1) is 17.8 Å².